The molecule has 2 aromatic carbocycles. The van der Waals surface area contributed by atoms with Gasteiger partial charge in [-0.15, -0.1) is 11.3 Å². The number of aromatic nitrogens is 2. The number of carbonyl (C=O) groups is 1. The second-order valence-corrected chi connectivity index (χ2v) is 9.55. The Balaban J connectivity index is 1.46. The third-order valence-corrected chi connectivity index (χ3v) is 7.61. The molecule has 1 aliphatic heterocycles. The highest BCUT2D eigenvalue weighted by atomic mass is 32.2. The predicted octanol–water partition coefficient (Wildman–Crippen LogP) is 4.45. The van der Waals surface area contributed by atoms with Crippen LogP contribution in [0.4, 0.5) is 5.69 Å². The van der Waals surface area contributed by atoms with Gasteiger partial charge in [0.2, 0.25) is 5.91 Å². The average molecular weight is 478 g/mol. The molecule has 5 rings (SSSR count). The van der Waals surface area contributed by atoms with Gasteiger partial charge in [0.05, 0.1) is 24.3 Å². The van der Waals surface area contributed by atoms with Gasteiger partial charge in [-0.05, 0) is 23.6 Å². The summed E-state index contributed by atoms with van der Waals surface area (Å²) in [4.78, 5) is 33.9. The van der Waals surface area contributed by atoms with Crippen LogP contribution in [0.3, 0.4) is 0 Å². The molecule has 2 aromatic heterocycles. The number of para-hydroxylation sites is 1. The summed E-state index contributed by atoms with van der Waals surface area (Å²) in [6, 6.07) is 17.9. The second kappa shape index (κ2) is 9.51. The number of methoxy groups -OCH3 is 1. The lowest BCUT2D eigenvalue weighted by Crippen LogP contribution is -2.31. The minimum Gasteiger partial charge on any atom is -0.383 e. The molecule has 4 aromatic rings. The molecule has 168 valence electrons. The van der Waals surface area contributed by atoms with Crippen molar-refractivity contribution in [3.8, 4) is 11.1 Å². The molecule has 0 fully saturated rings. The molecule has 0 aliphatic carbocycles. The van der Waals surface area contributed by atoms with Crippen molar-refractivity contribution in [2.45, 2.75) is 18.1 Å². The number of ether oxygens (including phenoxy) is 1. The Morgan fingerprint density at radius 3 is 2.76 bits per heavy atom. The monoisotopic (exact) mass is 477 g/mol. The number of benzene rings is 2. The topological polar surface area (TPSA) is 64.4 Å². The Morgan fingerprint density at radius 2 is 1.94 bits per heavy atom. The van der Waals surface area contributed by atoms with Crippen LogP contribution >= 0.6 is 23.1 Å². The van der Waals surface area contributed by atoms with Crippen LogP contribution in [0.15, 0.2) is 69.9 Å². The Kier molecular flexibility index (Phi) is 6.30. The zero-order valence-electron chi connectivity index (χ0n) is 18.2. The van der Waals surface area contributed by atoms with Crippen LogP contribution < -0.4 is 10.5 Å². The third kappa shape index (κ3) is 4.21. The maximum absolute atomic E-state index is 13.5. The van der Waals surface area contributed by atoms with Gasteiger partial charge in [-0.1, -0.05) is 60.3 Å². The van der Waals surface area contributed by atoms with Crippen LogP contribution in [0.1, 0.15) is 5.56 Å². The fourth-order valence-electron chi connectivity index (χ4n) is 4.13. The lowest BCUT2D eigenvalue weighted by molar-refractivity contribution is -0.116. The highest BCUT2D eigenvalue weighted by molar-refractivity contribution is 7.99. The fraction of sp³-hybridized carbons (Fsp3) is 0.240. The number of hydrogen-bond acceptors (Lipinski definition) is 6. The molecule has 0 saturated carbocycles. The van der Waals surface area contributed by atoms with Gasteiger partial charge in [0.1, 0.15) is 4.83 Å². The van der Waals surface area contributed by atoms with E-state index in [1.165, 1.54) is 28.7 Å². The van der Waals surface area contributed by atoms with E-state index < -0.39 is 0 Å². The van der Waals surface area contributed by atoms with Crippen molar-refractivity contribution in [3.63, 3.8) is 0 Å². The molecule has 0 saturated heterocycles. The lowest BCUT2D eigenvalue weighted by atomic mass is 10.1. The summed E-state index contributed by atoms with van der Waals surface area (Å²) in [6.45, 7) is 1.46. The summed E-state index contributed by atoms with van der Waals surface area (Å²) in [6.07, 6.45) is 0.868. The number of thioether (sulfide) groups is 1. The van der Waals surface area contributed by atoms with Crippen molar-refractivity contribution in [3.05, 3.63) is 75.9 Å². The van der Waals surface area contributed by atoms with Crippen LogP contribution in [-0.4, -0.2) is 41.5 Å². The van der Waals surface area contributed by atoms with Crippen LogP contribution in [0, 0.1) is 0 Å². The normalized spacial score (nSPS) is 12.9. The van der Waals surface area contributed by atoms with Gasteiger partial charge < -0.3 is 9.64 Å². The summed E-state index contributed by atoms with van der Waals surface area (Å²) in [5, 5.41) is 3.15. The summed E-state index contributed by atoms with van der Waals surface area (Å²) in [5.41, 5.74) is 3.96. The first kappa shape index (κ1) is 21.9. The molecular formula is C25H23N3O3S2. The fourth-order valence-corrected chi connectivity index (χ4v) is 6.02. The second-order valence-electron chi connectivity index (χ2n) is 7.75. The number of amides is 1. The average Bonchev–Trinajstić information content (AvgIpc) is 3.47. The third-order valence-electron chi connectivity index (χ3n) is 5.78. The Hall–Kier alpha value is -2.94. The van der Waals surface area contributed by atoms with Crippen molar-refractivity contribution < 1.29 is 9.53 Å². The van der Waals surface area contributed by atoms with E-state index in [9.17, 15) is 9.59 Å². The van der Waals surface area contributed by atoms with E-state index in [-0.39, 0.29) is 17.2 Å². The molecule has 1 amide bonds. The van der Waals surface area contributed by atoms with Gasteiger partial charge >= 0.3 is 0 Å². The van der Waals surface area contributed by atoms with E-state index >= 15 is 0 Å². The smallest absolute Gasteiger partial charge is 0.263 e. The van der Waals surface area contributed by atoms with Crippen molar-refractivity contribution in [2.24, 2.45) is 0 Å². The number of hydrogen-bond donors (Lipinski definition) is 0. The maximum atomic E-state index is 13.5. The largest absolute Gasteiger partial charge is 0.383 e. The van der Waals surface area contributed by atoms with E-state index in [4.69, 9.17) is 9.72 Å². The molecule has 0 bridgehead atoms. The molecule has 33 heavy (non-hydrogen) atoms. The Labute approximate surface area is 199 Å². The van der Waals surface area contributed by atoms with Crippen molar-refractivity contribution in [1.82, 2.24) is 9.55 Å². The van der Waals surface area contributed by atoms with Crippen LogP contribution in [0.25, 0.3) is 21.3 Å². The quantitative estimate of drug-likeness (QED) is 0.291. The molecule has 0 unspecified atom stereocenters. The number of nitrogens with zero attached hydrogens (tertiary/aromatic N) is 3. The summed E-state index contributed by atoms with van der Waals surface area (Å²) >= 11 is 2.77. The van der Waals surface area contributed by atoms with Crippen molar-refractivity contribution in [1.29, 1.82) is 0 Å². The maximum Gasteiger partial charge on any atom is 0.263 e. The van der Waals surface area contributed by atoms with Gasteiger partial charge in [0.25, 0.3) is 5.56 Å². The molecule has 0 spiro atoms. The molecule has 0 radical (unpaired) electrons. The van der Waals surface area contributed by atoms with Crippen LogP contribution in [-0.2, 0) is 22.5 Å². The highest BCUT2D eigenvalue weighted by Gasteiger charge is 2.25. The van der Waals surface area contributed by atoms with Crippen LogP contribution in [0.5, 0.6) is 0 Å². The van der Waals surface area contributed by atoms with E-state index in [0.29, 0.717) is 35.1 Å². The summed E-state index contributed by atoms with van der Waals surface area (Å²) in [7, 11) is 1.61. The van der Waals surface area contributed by atoms with Gasteiger partial charge in [-0.25, -0.2) is 4.98 Å². The zero-order chi connectivity index (χ0) is 22.8. The van der Waals surface area contributed by atoms with Gasteiger partial charge in [0, 0.05) is 30.3 Å². The summed E-state index contributed by atoms with van der Waals surface area (Å²) < 4.78 is 6.88. The van der Waals surface area contributed by atoms with E-state index in [0.717, 1.165) is 23.2 Å². The predicted molar refractivity (Wildman–Crippen MR) is 134 cm³/mol. The molecule has 0 N–H and O–H groups in total. The Morgan fingerprint density at radius 1 is 1.15 bits per heavy atom. The van der Waals surface area contributed by atoms with E-state index in [2.05, 4.69) is 6.07 Å². The van der Waals surface area contributed by atoms with Gasteiger partial charge in [0.15, 0.2) is 5.16 Å². The number of anilines is 1. The first-order chi connectivity index (χ1) is 16.2. The van der Waals surface area contributed by atoms with Gasteiger partial charge in [-0.2, -0.15) is 0 Å². The Bertz CT molecular complexity index is 1360. The molecule has 1 aliphatic rings. The van der Waals surface area contributed by atoms with Crippen molar-refractivity contribution >= 4 is 44.9 Å². The standard InChI is InChI=1S/C25H23N3O3S2/c1-31-14-13-28-24(30)22-19(17-7-3-2-4-8-17)15-32-23(22)26-25(28)33-16-21(29)27-12-11-18-9-5-6-10-20(18)27/h2-10,15H,11-14,16H2,1H3. The molecule has 6 nitrogen and oxygen atoms in total. The summed E-state index contributed by atoms with van der Waals surface area (Å²) in [5.74, 6) is 0.240. The first-order valence-corrected chi connectivity index (χ1v) is 12.6. The van der Waals surface area contributed by atoms with Gasteiger partial charge in [-0.3, -0.25) is 14.2 Å². The number of rotatable bonds is 7. The highest BCUT2D eigenvalue weighted by Crippen LogP contribution is 2.33. The van der Waals surface area contributed by atoms with E-state index in [1.54, 1.807) is 11.7 Å². The minimum absolute atomic E-state index is 0.0220. The van der Waals surface area contributed by atoms with Crippen LogP contribution in [0.2, 0.25) is 0 Å². The number of thiophene rings is 1. The molecule has 0 atom stereocenters. The SMILES string of the molecule is COCCn1c(SCC(=O)N2CCc3ccccc32)nc2scc(-c3ccccc3)c2c1=O. The number of carbonyl (C=O) groups excluding carboxylic acids is 1. The molecule has 8 heteroatoms. The zero-order valence-corrected chi connectivity index (χ0v) is 19.8. The molecular weight excluding hydrogens is 454 g/mol. The molecule has 3 heterocycles. The lowest BCUT2D eigenvalue weighted by Gasteiger charge is -2.18. The number of fused-ring (bicyclic) bond motifs is 2. The minimum atomic E-state index is -0.0985. The van der Waals surface area contributed by atoms with E-state index in [1.807, 2.05) is 58.8 Å². The first-order valence-electron chi connectivity index (χ1n) is 10.7. The van der Waals surface area contributed by atoms with Crippen molar-refractivity contribution in [2.75, 3.05) is 30.9 Å².